The van der Waals surface area contributed by atoms with Crippen LogP contribution in [0.4, 0.5) is 0 Å². The second kappa shape index (κ2) is 4.88. The van der Waals surface area contributed by atoms with Crippen LogP contribution in [0.3, 0.4) is 0 Å². The first-order chi connectivity index (χ1) is 10.6. The van der Waals surface area contributed by atoms with Crippen molar-refractivity contribution in [2.24, 2.45) is 7.05 Å². The molecule has 4 nitrogen and oxygen atoms in total. The Morgan fingerprint density at radius 2 is 1.77 bits per heavy atom. The molecule has 0 saturated carbocycles. The van der Waals surface area contributed by atoms with Gasteiger partial charge in [0.2, 0.25) is 12.3 Å². The van der Waals surface area contributed by atoms with Crippen molar-refractivity contribution in [3.05, 3.63) is 46.4 Å². The Hall–Kier alpha value is -2.27. The molecule has 2 aromatic rings. The summed E-state index contributed by atoms with van der Waals surface area (Å²) in [7, 11) is 2.07. The molecule has 0 fully saturated rings. The summed E-state index contributed by atoms with van der Waals surface area (Å²) < 4.78 is 19.8. The van der Waals surface area contributed by atoms with E-state index in [1.54, 1.807) is 11.3 Å². The Morgan fingerprint density at radius 1 is 1.09 bits per heavy atom. The Labute approximate surface area is 132 Å². The minimum Gasteiger partial charge on any atom is -0.467 e. The Morgan fingerprint density at radius 3 is 2.50 bits per heavy atom. The molecule has 0 aliphatic carbocycles. The molecular weight excluding hydrogens is 298 g/mol. The van der Waals surface area contributed by atoms with Gasteiger partial charge in [-0.1, -0.05) is 11.3 Å². The van der Waals surface area contributed by atoms with Gasteiger partial charge in [-0.2, -0.15) is 4.57 Å². The highest BCUT2D eigenvalue weighted by atomic mass is 32.1. The lowest BCUT2D eigenvalue weighted by atomic mass is 10.1. The van der Waals surface area contributed by atoms with E-state index in [1.807, 2.05) is 32.1 Å². The molecule has 0 amide bonds. The topological polar surface area (TPSA) is 31.6 Å². The molecule has 0 radical (unpaired) electrons. The van der Waals surface area contributed by atoms with E-state index < -0.39 is 0 Å². The molecule has 5 heteroatoms. The van der Waals surface area contributed by atoms with Gasteiger partial charge in [0.05, 0.1) is 6.07 Å². The van der Waals surface area contributed by atoms with Crippen molar-refractivity contribution in [2.75, 3.05) is 6.79 Å². The zero-order valence-corrected chi connectivity index (χ0v) is 13.5. The second-order valence-electron chi connectivity index (χ2n) is 5.43. The van der Waals surface area contributed by atoms with Crippen molar-refractivity contribution < 1.29 is 18.8 Å². The van der Waals surface area contributed by atoms with Gasteiger partial charge in [0.15, 0.2) is 11.5 Å². The first-order valence-electron chi connectivity index (χ1n) is 7.08. The maximum atomic E-state index is 5.54. The smallest absolute Gasteiger partial charge is 0.263 e. The molecule has 0 N–H and O–H groups in total. The number of allylic oxidation sites excluding steroid dienone is 5. The Bertz CT molecular complexity index is 854. The molecule has 0 bridgehead atoms. The third-order valence-electron chi connectivity index (χ3n) is 3.71. The standard InChI is InChI=1S/C17H16NO3S/c1-10-4-12(5-11(2)21-10)6-17-18(3)13-7-14-15(20-9-19-14)8-16(13)22-17/h4-8H,9H2,1-3H3/q+1. The lowest BCUT2D eigenvalue weighted by molar-refractivity contribution is -0.642. The van der Waals surface area contributed by atoms with Crippen LogP contribution in [-0.4, -0.2) is 6.79 Å². The molecule has 0 atom stereocenters. The van der Waals surface area contributed by atoms with Crippen LogP contribution in [0.25, 0.3) is 16.3 Å². The van der Waals surface area contributed by atoms with Crippen molar-refractivity contribution in [1.29, 1.82) is 0 Å². The SMILES string of the molecule is CC1=CC(=Cc2sc3cc4c(cc3[n+]2C)OCO4)C=C(C)O1. The second-order valence-corrected chi connectivity index (χ2v) is 6.49. The first-order valence-corrected chi connectivity index (χ1v) is 7.90. The summed E-state index contributed by atoms with van der Waals surface area (Å²) in [4.78, 5) is 0. The van der Waals surface area contributed by atoms with E-state index in [9.17, 15) is 0 Å². The summed E-state index contributed by atoms with van der Waals surface area (Å²) in [6.45, 7) is 4.24. The van der Waals surface area contributed by atoms with Crippen LogP contribution < -0.4 is 14.0 Å². The van der Waals surface area contributed by atoms with Crippen molar-refractivity contribution >= 4 is 27.6 Å². The summed E-state index contributed by atoms with van der Waals surface area (Å²) in [5.74, 6) is 3.47. The summed E-state index contributed by atoms with van der Waals surface area (Å²) in [5, 5.41) is 1.17. The van der Waals surface area contributed by atoms with Crippen LogP contribution in [0.2, 0.25) is 0 Å². The molecule has 2 aliphatic rings. The lowest BCUT2D eigenvalue weighted by Crippen LogP contribution is -2.29. The molecule has 1 aromatic carbocycles. The zero-order chi connectivity index (χ0) is 15.3. The van der Waals surface area contributed by atoms with Gasteiger partial charge < -0.3 is 14.2 Å². The number of fused-ring (bicyclic) bond motifs is 2. The average molecular weight is 314 g/mol. The number of ether oxygens (including phenoxy) is 3. The minimum atomic E-state index is 0.307. The molecule has 112 valence electrons. The maximum Gasteiger partial charge on any atom is 0.263 e. The van der Waals surface area contributed by atoms with Gasteiger partial charge in [-0.3, -0.25) is 0 Å². The molecule has 3 heterocycles. The molecule has 0 unspecified atom stereocenters. The van der Waals surface area contributed by atoms with E-state index >= 15 is 0 Å². The molecule has 4 rings (SSSR count). The van der Waals surface area contributed by atoms with Crippen LogP contribution in [0, 0.1) is 0 Å². The monoisotopic (exact) mass is 314 g/mol. The van der Waals surface area contributed by atoms with E-state index in [4.69, 9.17) is 14.2 Å². The van der Waals surface area contributed by atoms with Gasteiger partial charge in [-0.25, -0.2) is 0 Å². The fourth-order valence-corrected chi connectivity index (χ4v) is 3.85. The number of hydrogen-bond donors (Lipinski definition) is 0. The molecule has 0 saturated heterocycles. The number of hydrogen-bond acceptors (Lipinski definition) is 4. The van der Waals surface area contributed by atoms with E-state index in [1.165, 1.54) is 9.71 Å². The number of aromatic nitrogens is 1. The fraction of sp³-hybridized carbons (Fsp3) is 0.235. The largest absolute Gasteiger partial charge is 0.467 e. The van der Waals surface area contributed by atoms with Gasteiger partial charge in [0.25, 0.3) is 5.01 Å². The highest BCUT2D eigenvalue weighted by Gasteiger charge is 2.22. The molecule has 0 spiro atoms. The quantitative estimate of drug-likeness (QED) is 0.753. The van der Waals surface area contributed by atoms with Crippen molar-refractivity contribution in [1.82, 2.24) is 0 Å². The van der Waals surface area contributed by atoms with E-state index in [-0.39, 0.29) is 0 Å². The van der Waals surface area contributed by atoms with Crippen LogP contribution in [0.15, 0.2) is 41.4 Å². The summed E-state index contributed by atoms with van der Waals surface area (Å²) in [5.41, 5.74) is 2.29. The molecular formula is C17H16NO3S+. The minimum absolute atomic E-state index is 0.307. The van der Waals surface area contributed by atoms with E-state index in [2.05, 4.69) is 23.8 Å². The van der Waals surface area contributed by atoms with Crippen LogP contribution in [0.5, 0.6) is 11.5 Å². The molecule has 1 aromatic heterocycles. The summed E-state index contributed by atoms with van der Waals surface area (Å²) in [6.07, 6.45) is 6.26. The first kappa shape index (κ1) is 13.4. The van der Waals surface area contributed by atoms with E-state index in [0.717, 1.165) is 34.1 Å². The highest BCUT2D eigenvalue weighted by molar-refractivity contribution is 7.18. The number of nitrogens with zero attached hydrogens (tertiary/aromatic N) is 1. The van der Waals surface area contributed by atoms with Crippen LogP contribution in [0.1, 0.15) is 18.9 Å². The van der Waals surface area contributed by atoms with Gasteiger partial charge >= 0.3 is 0 Å². The average Bonchev–Trinajstić information content (AvgIpc) is 3.01. The number of aryl methyl sites for hydroxylation is 1. The van der Waals surface area contributed by atoms with Crippen molar-refractivity contribution in [3.8, 4) is 11.5 Å². The Kier molecular flexibility index (Phi) is 2.97. The zero-order valence-electron chi connectivity index (χ0n) is 12.7. The van der Waals surface area contributed by atoms with Crippen molar-refractivity contribution in [2.45, 2.75) is 13.8 Å². The predicted octanol–water partition coefficient (Wildman–Crippen LogP) is 3.68. The number of benzene rings is 1. The lowest BCUT2D eigenvalue weighted by Gasteiger charge is -2.11. The maximum absolute atomic E-state index is 5.54. The van der Waals surface area contributed by atoms with Crippen LogP contribution in [-0.2, 0) is 11.8 Å². The van der Waals surface area contributed by atoms with Crippen LogP contribution >= 0.6 is 11.3 Å². The molecule has 22 heavy (non-hydrogen) atoms. The highest BCUT2D eigenvalue weighted by Crippen LogP contribution is 2.37. The summed E-state index contributed by atoms with van der Waals surface area (Å²) in [6, 6.07) is 4.10. The van der Waals surface area contributed by atoms with Gasteiger partial charge in [-0.05, 0) is 31.6 Å². The third kappa shape index (κ3) is 2.18. The van der Waals surface area contributed by atoms with E-state index in [0.29, 0.717) is 6.79 Å². The van der Waals surface area contributed by atoms with Gasteiger partial charge in [0, 0.05) is 12.1 Å². The van der Waals surface area contributed by atoms with Crippen molar-refractivity contribution in [3.63, 3.8) is 0 Å². The number of thiazole rings is 1. The fourth-order valence-electron chi connectivity index (χ4n) is 2.73. The number of rotatable bonds is 1. The normalized spacial score (nSPS) is 16.4. The van der Waals surface area contributed by atoms with Gasteiger partial charge in [0.1, 0.15) is 23.3 Å². The summed E-state index contributed by atoms with van der Waals surface area (Å²) >= 11 is 1.74. The molecule has 2 aliphatic heterocycles. The van der Waals surface area contributed by atoms with Gasteiger partial charge in [-0.15, -0.1) is 0 Å². The predicted molar refractivity (Wildman–Crippen MR) is 85.7 cm³/mol. The Balaban J connectivity index is 1.83. The third-order valence-corrected chi connectivity index (χ3v) is 4.86.